The summed E-state index contributed by atoms with van der Waals surface area (Å²) in [6.07, 6.45) is 5.74. The predicted octanol–water partition coefficient (Wildman–Crippen LogP) is 1.99. The zero-order valence-corrected chi connectivity index (χ0v) is 11.1. The number of H-pyrrole nitrogens is 1. The van der Waals surface area contributed by atoms with Gasteiger partial charge in [0.15, 0.2) is 0 Å². The van der Waals surface area contributed by atoms with Gasteiger partial charge in [-0.2, -0.15) is 5.10 Å². The van der Waals surface area contributed by atoms with Gasteiger partial charge in [0, 0.05) is 37.3 Å². The standard InChI is InChI=1S/C15H18N4/c1-19-7-5-12-8-11(2-3-15(12)19)9-13-10-17-18-14(13)4-6-16/h2-3,5,7-8,10H,4,6,9,16H2,1H3,(H,17,18). The normalized spacial score (nSPS) is 11.3. The second-order valence-electron chi connectivity index (χ2n) is 4.91. The van der Waals surface area contributed by atoms with Crippen LogP contribution in [0.4, 0.5) is 0 Å². The van der Waals surface area contributed by atoms with Gasteiger partial charge in [-0.1, -0.05) is 6.07 Å². The number of aryl methyl sites for hydroxylation is 1. The van der Waals surface area contributed by atoms with Crippen molar-refractivity contribution in [2.45, 2.75) is 12.8 Å². The molecule has 3 aromatic rings. The lowest BCUT2D eigenvalue weighted by atomic mass is 10.0. The number of nitrogens with zero attached hydrogens (tertiary/aromatic N) is 2. The minimum Gasteiger partial charge on any atom is -0.351 e. The van der Waals surface area contributed by atoms with Crippen LogP contribution in [0.2, 0.25) is 0 Å². The van der Waals surface area contributed by atoms with Gasteiger partial charge in [-0.05, 0) is 41.3 Å². The number of aromatic amines is 1. The minimum atomic E-state index is 0.646. The fourth-order valence-corrected chi connectivity index (χ4v) is 2.51. The number of nitrogens with two attached hydrogens (primary N) is 1. The van der Waals surface area contributed by atoms with Crippen molar-refractivity contribution in [1.82, 2.24) is 14.8 Å². The number of hydrogen-bond donors (Lipinski definition) is 2. The average molecular weight is 254 g/mol. The van der Waals surface area contributed by atoms with E-state index >= 15 is 0 Å². The number of hydrogen-bond acceptors (Lipinski definition) is 2. The van der Waals surface area contributed by atoms with E-state index in [0.29, 0.717) is 6.54 Å². The van der Waals surface area contributed by atoms with Crippen LogP contribution in [0.5, 0.6) is 0 Å². The number of nitrogens with one attached hydrogen (secondary N) is 1. The Balaban J connectivity index is 1.90. The van der Waals surface area contributed by atoms with E-state index in [2.05, 4.69) is 52.3 Å². The van der Waals surface area contributed by atoms with Gasteiger partial charge in [0.05, 0.1) is 6.20 Å². The molecule has 0 saturated carbocycles. The molecule has 0 saturated heterocycles. The summed E-state index contributed by atoms with van der Waals surface area (Å²) in [7, 11) is 2.07. The van der Waals surface area contributed by atoms with Crippen molar-refractivity contribution in [3.63, 3.8) is 0 Å². The van der Waals surface area contributed by atoms with E-state index in [1.807, 2.05) is 6.20 Å². The number of fused-ring (bicyclic) bond motifs is 1. The van der Waals surface area contributed by atoms with E-state index in [9.17, 15) is 0 Å². The number of benzene rings is 1. The summed E-state index contributed by atoms with van der Waals surface area (Å²) in [6.45, 7) is 0.646. The fourth-order valence-electron chi connectivity index (χ4n) is 2.51. The molecule has 0 aliphatic carbocycles. The van der Waals surface area contributed by atoms with Crippen molar-refractivity contribution in [3.05, 3.63) is 53.5 Å². The summed E-state index contributed by atoms with van der Waals surface area (Å²) in [5.74, 6) is 0. The van der Waals surface area contributed by atoms with Gasteiger partial charge >= 0.3 is 0 Å². The molecule has 4 heteroatoms. The Labute approximate surface area is 112 Å². The highest BCUT2D eigenvalue weighted by molar-refractivity contribution is 5.80. The highest BCUT2D eigenvalue weighted by Gasteiger charge is 2.06. The molecule has 0 bridgehead atoms. The first kappa shape index (κ1) is 12.0. The van der Waals surface area contributed by atoms with E-state index in [4.69, 9.17) is 5.73 Å². The quantitative estimate of drug-likeness (QED) is 0.748. The van der Waals surface area contributed by atoms with Crippen LogP contribution in [0.1, 0.15) is 16.8 Å². The predicted molar refractivity (Wildman–Crippen MR) is 77.1 cm³/mol. The summed E-state index contributed by atoms with van der Waals surface area (Å²) >= 11 is 0. The fraction of sp³-hybridized carbons (Fsp3) is 0.267. The van der Waals surface area contributed by atoms with Gasteiger partial charge in [-0.25, -0.2) is 0 Å². The number of rotatable bonds is 4. The minimum absolute atomic E-state index is 0.646. The molecule has 0 aliphatic rings. The van der Waals surface area contributed by atoms with Crippen LogP contribution in [-0.2, 0) is 19.9 Å². The maximum absolute atomic E-state index is 5.61. The van der Waals surface area contributed by atoms with Crippen LogP contribution < -0.4 is 5.73 Å². The molecule has 0 atom stereocenters. The van der Waals surface area contributed by atoms with Crippen molar-refractivity contribution in [3.8, 4) is 0 Å². The van der Waals surface area contributed by atoms with Crippen LogP contribution in [0.3, 0.4) is 0 Å². The second-order valence-corrected chi connectivity index (χ2v) is 4.91. The van der Waals surface area contributed by atoms with Crippen molar-refractivity contribution >= 4 is 10.9 Å². The van der Waals surface area contributed by atoms with Crippen LogP contribution in [0.15, 0.2) is 36.7 Å². The average Bonchev–Trinajstić information content (AvgIpc) is 2.98. The highest BCUT2D eigenvalue weighted by Crippen LogP contribution is 2.19. The molecule has 2 heterocycles. The lowest BCUT2D eigenvalue weighted by Gasteiger charge is -2.04. The van der Waals surface area contributed by atoms with E-state index in [1.54, 1.807) is 0 Å². The highest BCUT2D eigenvalue weighted by atomic mass is 15.1. The molecule has 3 rings (SSSR count). The van der Waals surface area contributed by atoms with E-state index < -0.39 is 0 Å². The first-order valence-corrected chi connectivity index (χ1v) is 6.53. The number of aromatic nitrogens is 3. The molecule has 1 aromatic carbocycles. The first-order valence-electron chi connectivity index (χ1n) is 6.53. The first-order chi connectivity index (χ1) is 9.28. The molecule has 0 amide bonds. The molecule has 0 fully saturated rings. The molecule has 0 spiro atoms. The van der Waals surface area contributed by atoms with Gasteiger partial charge in [0.2, 0.25) is 0 Å². The molecule has 0 radical (unpaired) electrons. The van der Waals surface area contributed by atoms with Crippen LogP contribution >= 0.6 is 0 Å². The van der Waals surface area contributed by atoms with Crippen molar-refractivity contribution in [1.29, 1.82) is 0 Å². The third-order valence-electron chi connectivity index (χ3n) is 3.55. The van der Waals surface area contributed by atoms with Crippen LogP contribution in [-0.4, -0.2) is 21.3 Å². The molecule has 4 nitrogen and oxygen atoms in total. The lowest BCUT2D eigenvalue weighted by molar-refractivity contribution is 0.890. The smallest absolute Gasteiger partial charge is 0.0525 e. The Kier molecular flexibility index (Phi) is 3.09. The summed E-state index contributed by atoms with van der Waals surface area (Å²) in [4.78, 5) is 0. The van der Waals surface area contributed by atoms with Gasteiger partial charge in [0.25, 0.3) is 0 Å². The summed E-state index contributed by atoms with van der Waals surface area (Å²) in [6, 6.07) is 8.75. The van der Waals surface area contributed by atoms with Gasteiger partial charge in [-0.3, -0.25) is 5.10 Å². The summed E-state index contributed by atoms with van der Waals surface area (Å²) in [5.41, 5.74) is 10.6. The maximum atomic E-state index is 5.61. The third kappa shape index (κ3) is 2.27. The lowest BCUT2D eigenvalue weighted by Crippen LogP contribution is -2.05. The van der Waals surface area contributed by atoms with Crippen molar-refractivity contribution < 1.29 is 0 Å². The molecule has 98 valence electrons. The molecule has 2 aromatic heterocycles. The van der Waals surface area contributed by atoms with E-state index in [0.717, 1.165) is 18.5 Å². The molecule has 19 heavy (non-hydrogen) atoms. The molecular weight excluding hydrogens is 236 g/mol. The van der Waals surface area contributed by atoms with Crippen LogP contribution in [0.25, 0.3) is 10.9 Å². The van der Waals surface area contributed by atoms with Crippen molar-refractivity contribution in [2.75, 3.05) is 6.54 Å². The Bertz CT molecular complexity index is 693. The van der Waals surface area contributed by atoms with E-state index in [-0.39, 0.29) is 0 Å². The van der Waals surface area contributed by atoms with Gasteiger partial charge in [-0.15, -0.1) is 0 Å². The molecule has 0 unspecified atom stereocenters. The molecule has 0 aliphatic heterocycles. The SMILES string of the molecule is Cn1ccc2cc(Cc3cn[nH]c3CCN)ccc21. The zero-order chi connectivity index (χ0) is 13.2. The second kappa shape index (κ2) is 4.90. The van der Waals surface area contributed by atoms with Crippen LogP contribution in [0, 0.1) is 0 Å². The van der Waals surface area contributed by atoms with Crippen molar-refractivity contribution in [2.24, 2.45) is 12.8 Å². The monoisotopic (exact) mass is 254 g/mol. The van der Waals surface area contributed by atoms with Gasteiger partial charge in [0.1, 0.15) is 0 Å². The topological polar surface area (TPSA) is 59.6 Å². The zero-order valence-electron chi connectivity index (χ0n) is 11.1. The third-order valence-corrected chi connectivity index (χ3v) is 3.55. The van der Waals surface area contributed by atoms with Gasteiger partial charge < -0.3 is 10.3 Å². The summed E-state index contributed by atoms with van der Waals surface area (Å²) < 4.78 is 2.14. The molecular formula is C15H18N4. The maximum Gasteiger partial charge on any atom is 0.0525 e. The van der Waals surface area contributed by atoms with E-state index in [1.165, 1.54) is 22.0 Å². The molecule has 3 N–H and O–H groups in total. The Hall–Kier alpha value is -2.07. The largest absolute Gasteiger partial charge is 0.351 e. The summed E-state index contributed by atoms with van der Waals surface area (Å²) in [5, 5.41) is 8.43. The Morgan fingerprint density at radius 2 is 2.21 bits per heavy atom. The Morgan fingerprint density at radius 3 is 3.05 bits per heavy atom. The Morgan fingerprint density at radius 1 is 1.32 bits per heavy atom.